The Morgan fingerprint density at radius 2 is 1.62 bits per heavy atom. The maximum atomic E-state index is 14.0. The van der Waals surface area contributed by atoms with Gasteiger partial charge >= 0.3 is 0 Å². The lowest BCUT2D eigenvalue weighted by Crippen LogP contribution is -2.59. The summed E-state index contributed by atoms with van der Waals surface area (Å²) in [7, 11) is -3.18. The van der Waals surface area contributed by atoms with Crippen molar-refractivity contribution < 1.29 is 18.0 Å². The van der Waals surface area contributed by atoms with Crippen LogP contribution >= 0.6 is 36.4 Å². The van der Waals surface area contributed by atoms with Gasteiger partial charge in [0.25, 0.3) is 0 Å². The van der Waals surface area contributed by atoms with Crippen LogP contribution in [0.3, 0.4) is 0 Å². The number of piperazine rings is 1. The highest BCUT2D eigenvalue weighted by atomic mass is 35.5. The number of carbonyl (C=O) groups excluding carboxylic acids is 2. The second kappa shape index (κ2) is 17.1. The van der Waals surface area contributed by atoms with Crippen molar-refractivity contribution in [1.29, 1.82) is 0 Å². The van der Waals surface area contributed by atoms with E-state index in [0.29, 0.717) is 63.1 Å². The van der Waals surface area contributed by atoms with Crippen molar-refractivity contribution in [2.75, 3.05) is 45.0 Å². The maximum absolute atomic E-state index is 14.0. The number of rotatable bonds is 10. The summed E-state index contributed by atoms with van der Waals surface area (Å²) < 4.78 is 27.1. The van der Waals surface area contributed by atoms with Crippen LogP contribution in [-0.2, 0) is 32.6 Å². The van der Waals surface area contributed by atoms with Crippen LogP contribution in [0.5, 0.6) is 0 Å². The predicted molar refractivity (Wildman–Crippen MR) is 191 cm³/mol. The molecule has 2 N–H and O–H groups in total. The van der Waals surface area contributed by atoms with Crippen LogP contribution in [0.2, 0.25) is 5.02 Å². The average molecular weight is 729 g/mol. The molecule has 13 heteroatoms. The number of nitrogens with one attached hydrogen (secondary N) is 2. The highest BCUT2D eigenvalue weighted by molar-refractivity contribution is 7.89. The first kappa shape index (κ1) is 37.9. The van der Waals surface area contributed by atoms with E-state index in [1.54, 1.807) is 4.31 Å². The van der Waals surface area contributed by atoms with Crippen molar-refractivity contribution in [2.45, 2.75) is 76.0 Å². The van der Waals surface area contributed by atoms with Crippen LogP contribution in [-0.4, -0.2) is 91.4 Å². The molecule has 9 nitrogen and oxygen atoms in total. The second-order valence-corrected chi connectivity index (χ2v) is 15.7. The topological polar surface area (TPSA) is 102 Å². The van der Waals surface area contributed by atoms with Crippen molar-refractivity contribution in [1.82, 2.24) is 24.7 Å². The average Bonchev–Trinajstić information content (AvgIpc) is 3.62. The summed E-state index contributed by atoms with van der Waals surface area (Å²) in [5.41, 5.74) is 3.28. The standard InChI is InChI=1S/C34H46ClN5O4S.2ClH/c35-28-13-11-25(12-14-28)21-31(37-33(41)22-30-29-10-5-4-9-27(29)23-36-30)34(42)39-18-16-38(17-19-39)32(26-7-2-1-3-8-26)24-40-15-6-20-45(40,43)44;;/h4-5,9-14,26,30-32,36H,1-3,6-8,15-24H2,(H,37,41);2*1H. The zero-order valence-corrected chi connectivity index (χ0v) is 30.0. The lowest BCUT2D eigenvalue weighted by Gasteiger charge is -2.44. The van der Waals surface area contributed by atoms with Gasteiger partial charge in [-0.2, -0.15) is 0 Å². The van der Waals surface area contributed by atoms with Gasteiger partial charge in [0.15, 0.2) is 0 Å². The number of hydrogen-bond acceptors (Lipinski definition) is 6. The van der Waals surface area contributed by atoms with Gasteiger partial charge in [-0.25, -0.2) is 12.7 Å². The molecule has 1 saturated carbocycles. The van der Waals surface area contributed by atoms with Gasteiger partial charge in [0.2, 0.25) is 21.8 Å². The Kier molecular flexibility index (Phi) is 13.8. The van der Waals surface area contributed by atoms with E-state index in [-0.39, 0.29) is 60.9 Å². The molecule has 0 bridgehead atoms. The number of sulfonamides is 1. The number of fused-ring (bicyclic) bond motifs is 1. The Hall–Kier alpha value is -1.92. The Labute approximate surface area is 297 Å². The Bertz CT molecular complexity index is 1450. The second-order valence-electron chi connectivity index (χ2n) is 13.1. The van der Waals surface area contributed by atoms with Crippen LogP contribution in [0.1, 0.15) is 67.7 Å². The highest BCUT2D eigenvalue weighted by Gasteiger charge is 2.38. The van der Waals surface area contributed by atoms with Gasteiger partial charge in [0, 0.05) is 75.8 Å². The van der Waals surface area contributed by atoms with Gasteiger partial charge < -0.3 is 15.5 Å². The molecule has 6 rings (SSSR count). The number of hydrogen-bond donors (Lipinski definition) is 2. The highest BCUT2D eigenvalue weighted by Crippen LogP contribution is 2.32. The molecule has 4 aliphatic rings. The zero-order chi connectivity index (χ0) is 31.4. The van der Waals surface area contributed by atoms with Gasteiger partial charge in [0.1, 0.15) is 6.04 Å². The number of nitrogens with zero attached hydrogens (tertiary/aromatic N) is 3. The van der Waals surface area contributed by atoms with E-state index < -0.39 is 16.1 Å². The molecule has 0 radical (unpaired) electrons. The lowest BCUT2D eigenvalue weighted by molar-refractivity contribution is -0.138. The van der Waals surface area contributed by atoms with Crippen LogP contribution in [0.25, 0.3) is 0 Å². The third-order valence-corrected chi connectivity index (χ3v) is 12.4. The molecule has 47 heavy (non-hydrogen) atoms. The SMILES string of the molecule is Cl.Cl.O=C(CC1NCc2ccccc21)NC(Cc1ccc(Cl)cc1)C(=O)N1CCN(C(CN2CCCS2(=O)=O)C2CCCCC2)CC1. The molecular weight excluding hydrogens is 681 g/mol. The fraction of sp³-hybridized carbons (Fsp3) is 0.588. The van der Waals surface area contributed by atoms with Gasteiger partial charge in [-0.1, -0.05) is 67.3 Å². The van der Waals surface area contributed by atoms with Gasteiger partial charge in [0.05, 0.1) is 5.75 Å². The summed E-state index contributed by atoms with van der Waals surface area (Å²) in [6.07, 6.45) is 7.25. The summed E-state index contributed by atoms with van der Waals surface area (Å²) >= 11 is 6.12. The van der Waals surface area contributed by atoms with Crippen LogP contribution in [0.15, 0.2) is 48.5 Å². The molecule has 2 saturated heterocycles. The zero-order valence-electron chi connectivity index (χ0n) is 26.8. The molecular formula is C34H48Cl3N5O4S. The van der Waals surface area contributed by atoms with Crippen molar-refractivity contribution in [2.24, 2.45) is 5.92 Å². The maximum Gasteiger partial charge on any atom is 0.245 e. The molecule has 3 aliphatic heterocycles. The van der Waals surface area contributed by atoms with Crippen LogP contribution < -0.4 is 10.6 Å². The third-order valence-electron chi connectivity index (χ3n) is 10.2. The van der Waals surface area contributed by atoms with E-state index in [4.69, 9.17) is 11.6 Å². The van der Waals surface area contributed by atoms with E-state index >= 15 is 0 Å². The van der Waals surface area contributed by atoms with Gasteiger partial charge in [-0.3, -0.25) is 14.5 Å². The van der Waals surface area contributed by atoms with Gasteiger partial charge in [-0.05, 0) is 54.0 Å². The normalized spacial score (nSPS) is 22.8. The summed E-state index contributed by atoms with van der Waals surface area (Å²) in [4.78, 5) is 31.7. The number of benzene rings is 2. The fourth-order valence-corrected chi connectivity index (χ4v) is 9.40. The van der Waals surface area contributed by atoms with E-state index in [1.807, 2.05) is 41.3 Å². The third kappa shape index (κ3) is 9.41. The monoisotopic (exact) mass is 727 g/mol. The molecule has 2 aromatic carbocycles. The van der Waals surface area contributed by atoms with E-state index in [1.165, 1.54) is 24.8 Å². The lowest BCUT2D eigenvalue weighted by atomic mass is 9.83. The molecule has 3 heterocycles. The molecule has 260 valence electrons. The molecule has 1 aliphatic carbocycles. The number of halogens is 3. The summed E-state index contributed by atoms with van der Waals surface area (Å²) in [5.74, 6) is 0.493. The molecule has 2 amide bonds. The Balaban J connectivity index is 0.00000250. The molecule has 0 aromatic heterocycles. The Morgan fingerprint density at radius 1 is 0.915 bits per heavy atom. The molecule has 3 atom stereocenters. The minimum atomic E-state index is -3.18. The predicted octanol–water partition coefficient (Wildman–Crippen LogP) is 4.57. The first-order valence-corrected chi connectivity index (χ1v) is 18.6. The van der Waals surface area contributed by atoms with Crippen molar-refractivity contribution >= 4 is 58.3 Å². The van der Waals surface area contributed by atoms with E-state index in [9.17, 15) is 18.0 Å². The number of amides is 2. The van der Waals surface area contributed by atoms with Crippen LogP contribution in [0.4, 0.5) is 0 Å². The smallest absolute Gasteiger partial charge is 0.245 e. The van der Waals surface area contributed by atoms with Crippen LogP contribution in [0, 0.1) is 5.92 Å². The molecule has 3 fully saturated rings. The first-order chi connectivity index (χ1) is 21.8. The summed E-state index contributed by atoms with van der Waals surface area (Å²) in [5, 5.41) is 7.14. The first-order valence-electron chi connectivity index (χ1n) is 16.6. The van der Waals surface area contributed by atoms with Gasteiger partial charge in [-0.15, -0.1) is 24.8 Å². The summed E-state index contributed by atoms with van der Waals surface area (Å²) in [6, 6.07) is 15.0. The Morgan fingerprint density at radius 3 is 2.30 bits per heavy atom. The van der Waals surface area contributed by atoms with Crippen molar-refractivity contribution in [3.63, 3.8) is 0 Å². The number of carbonyl (C=O) groups is 2. The molecule has 0 spiro atoms. The minimum Gasteiger partial charge on any atom is -0.344 e. The fourth-order valence-electron chi connectivity index (χ4n) is 7.74. The minimum absolute atomic E-state index is 0. The molecule has 2 aromatic rings. The van der Waals surface area contributed by atoms with E-state index in [0.717, 1.165) is 30.5 Å². The quantitative estimate of drug-likeness (QED) is 0.372. The van der Waals surface area contributed by atoms with E-state index in [2.05, 4.69) is 27.7 Å². The molecule has 3 unspecified atom stereocenters. The van der Waals surface area contributed by atoms with Crippen molar-refractivity contribution in [3.8, 4) is 0 Å². The largest absolute Gasteiger partial charge is 0.344 e. The van der Waals surface area contributed by atoms with Crippen molar-refractivity contribution in [3.05, 3.63) is 70.2 Å². The summed E-state index contributed by atoms with van der Waals surface area (Å²) in [6.45, 7) is 4.40.